The summed E-state index contributed by atoms with van der Waals surface area (Å²) < 4.78 is 28.2. The number of aromatic nitrogens is 1. The molecule has 0 atom stereocenters. The number of anilines is 2. The predicted octanol–water partition coefficient (Wildman–Crippen LogP) is 5.74. The molecule has 8 heteroatoms. The molecule has 6 nitrogen and oxygen atoms in total. The van der Waals surface area contributed by atoms with Crippen LogP contribution >= 0.6 is 11.3 Å². The minimum absolute atomic E-state index is 0.0907. The third-order valence-electron chi connectivity index (χ3n) is 6.33. The minimum Gasteiger partial charge on any atom is -0.298 e. The molecule has 1 amide bonds. The first kappa shape index (κ1) is 23.3. The van der Waals surface area contributed by atoms with Gasteiger partial charge in [0, 0.05) is 22.5 Å². The van der Waals surface area contributed by atoms with Crippen molar-refractivity contribution in [3.8, 4) is 11.3 Å². The Morgan fingerprint density at radius 3 is 2.57 bits per heavy atom. The van der Waals surface area contributed by atoms with E-state index in [9.17, 15) is 13.2 Å². The molecule has 0 saturated carbocycles. The minimum atomic E-state index is -3.79. The summed E-state index contributed by atoms with van der Waals surface area (Å²) >= 11 is 1.40. The molecular weight excluding hydrogens is 478 g/mol. The van der Waals surface area contributed by atoms with Crippen molar-refractivity contribution in [3.63, 3.8) is 0 Å². The van der Waals surface area contributed by atoms with Gasteiger partial charge in [-0.2, -0.15) is 0 Å². The first-order valence-electron chi connectivity index (χ1n) is 11.3. The van der Waals surface area contributed by atoms with Crippen LogP contribution < -0.4 is 9.62 Å². The normalized spacial score (nSPS) is 13.1. The van der Waals surface area contributed by atoms with Gasteiger partial charge >= 0.3 is 0 Å². The standard InChI is InChI=1S/C27H25N3O3S2/c1-17-11-12-21(15-18(17)2)25-19(3)34-27(28-25)29-26(31)22-8-6-9-23(16-22)35(32,33)30-14-13-20-7-4-5-10-24(20)30/h4-12,15-16H,13-14H2,1-3H3,(H,28,29,31). The topological polar surface area (TPSA) is 79.4 Å². The quantitative estimate of drug-likeness (QED) is 0.377. The summed E-state index contributed by atoms with van der Waals surface area (Å²) in [6, 6.07) is 19.8. The molecule has 4 aromatic rings. The van der Waals surface area contributed by atoms with Gasteiger partial charge in [0.25, 0.3) is 15.9 Å². The zero-order valence-electron chi connectivity index (χ0n) is 19.7. The van der Waals surface area contributed by atoms with E-state index >= 15 is 0 Å². The molecule has 0 spiro atoms. The van der Waals surface area contributed by atoms with Gasteiger partial charge in [0.2, 0.25) is 0 Å². The van der Waals surface area contributed by atoms with Crippen molar-refractivity contribution in [2.75, 3.05) is 16.2 Å². The Morgan fingerprint density at radius 1 is 0.971 bits per heavy atom. The van der Waals surface area contributed by atoms with E-state index in [1.807, 2.05) is 37.3 Å². The van der Waals surface area contributed by atoms with Gasteiger partial charge in [-0.1, -0.05) is 36.4 Å². The molecule has 0 saturated heterocycles. The maximum atomic E-state index is 13.4. The van der Waals surface area contributed by atoms with Crippen LogP contribution in [0.2, 0.25) is 0 Å². The van der Waals surface area contributed by atoms with Crippen LogP contribution in [0.25, 0.3) is 11.3 Å². The fraction of sp³-hybridized carbons (Fsp3) is 0.185. The number of sulfonamides is 1. The van der Waals surface area contributed by atoms with Crippen molar-refractivity contribution in [1.82, 2.24) is 4.98 Å². The monoisotopic (exact) mass is 503 g/mol. The Morgan fingerprint density at radius 2 is 1.77 bits per heavy atom. The Hall–Kier alpha value is -3.49. The average molecular weight is 504 g/mol. The van der Waals surface area contributed by atoms with Crippen LogP contribution in [0.3, 0.4) is 0 Å². The summed E-state index contributed by atoms with van der Waals surface area (Å²) in [6.45, 7) is 6.48. The Balaban J connectivity index is 1.39. The van der Waals surface area contributed by atoms with Gasteiger partial charge in [0.05, 0.1) is 16.3 Å². The lowest BCUT2D eigenvalue weighted by atomic mass is 10.0. The summed E-state index contributed by atoms with van der Waals surface area (Å²) in [5, 5.41) is 3.31. The lowest BCUT2D eigenvalue weighted by molar-refractivity contribution is 0.102. The molecule has 5 rings (SSSR count). The maximum absolute atomic E-state index is 13.4. The Bertz CT molecular complexity index is 1560. The molecule has 3 aromatic carbocycles. The number of aryl methyl sites for hydroxylation is 3. The van der Waals surface area contributed by atoms with Crippen LogP contribution in [-0.2, 0) is 16.4 Å². The molecule has 0 bridgehead atoms. The number of carbonyl (C=O) groups is 1. The van der Waals surface area contributed by atoms with Crippen LogP contribution in [0.1, 0.15) is 31.9 Å². The van der Waals surface area contributed by atoms with Crippen molar-refractivity contribution < 1.29 is 13.2 Å². The van der Waals surface area contributed by atoms with E-state index in [1.165, 1.54) is 38.9 Å². The van der Waals surface area contributed by atoms with Crippen LogP contribution in [0.5, 0.6) is 0 Å². The molecule has 0 aliphatic carbocycles. The first-order valence-corrected chi connectivity index (χ1v) is 13.6. The highest BCUT2D eigenvalue weighted by Gasteiger charge is 2.31. The van der Waals surface area contributed by atoms with Crippen molar-refractivity contribution in [3.05, 3.63) is 93.9 Å². The van der Waals surface area contributed by atoms with E-state index in [2.05, 4.69) is 36.3 Å². The zero-order chi connectivity index (χ0) is 24.7. The second-order valence-electron chi connectivity index (χ2n) is 8.66. The van der Waals surface area contributed by atoms with E-state index in [4.69, 9.17) is 0 Å². The largest absolute Gasteiger partial charge is 0.298 e. The van der Waals surface area contributed by atoms with Crippen molar-refractivity contribution >= 4 is 38.1 Å². The summed E-state index contributed by atoms with van der Waals surface area (Å²) in [6.07, 6.45) is 0.668. The van der Waals surface area contributed by atoms with Crippen LogP contribution in [0.15, 0.2) is 71.6 Å². The molecule has 2 heterocycles. The number of hydrogen-bond donors (Lipinski definition) is 1. The number of benzene rings is 3. The number of amides is 1. The summed E-state index contributed by atoms with van der Waals surface area (Å²) in [5.74, 6) is -0.399. The number of carbonyl (C=O) groups excluding carboxylic acids is 1. The van der Waals surface area contributed by atoms with Gasteiger partial charge in [-0.15, -0.1) is 11.3 Å². The lowest BCUT2D eigenvalue weighted by Crippen LogP contribution is -2.29. The van der Waals surface area contributed by atoms with Crippen LogP contribution in [-0.4, -0.2) is 25.9 Å². The molecule has 0 fully saturated rings. The fourth-order valence-corrected chi connectivity index (χ4v) is 6.64. The number of hydrogen-bond acceptors (Lipinski definition) is 5. The van der Waals surface area contributed by atoms with Gasteiger partial charge in [0.15, 0.2) is 5.13 Å². The molecule has 1 aromatic heterocycles. The van der Waals surface area contributed by atoms with Crippen molar-refractivity contribution in [2.45, 2.75) is 32.1 Å². The van der Waals surface area contributed by atoms with E-state index in [0.717, 1.165) is 21.7 Å². The van der Waals surface area contributed by atoms with Crippen LogP contribution in [0.4, 0.5) is 10.8 Å². The molecule has 1 aliphatic heterocycles. The Kier molecular flexibility index (Phi) is 5.94. The number of thiazole rings is 1. The second-order valence-corrected chi connectivity index (χ2v) is 11.7. The van der Waals surface area contributed by atoms with Gasteiger partial charge in [0.1, 0.15) is 0 Å². The highest BCUT2D eigenvalue weighted by molar-refractivity contribution is 7.92. The molecule has 0 radical (unpaired) electrons. The second kappa shape index (κ2) is 8.94. The highest BCUT2D eigenvalue weighted by atomic mass is 32.2. The number of nitrogens with zero attached hydrogens (tertiary/aromatic N) is 2. The van der Waals surface area contributed by atoms with Crippen LogP contribution in [0, 0.1) is 20.8 Å². The molecule has 0 unspecified atom stereocenters. The van der Waals surface area contributed by atoms with Crippen molar-refractivity contribution in [2.24, 2.45) is 0 Å². The van der Waals surface area contributed by atoms with Gasteiger partial charge in [-0.25, -0.2) is 13.4 Å². The number of fused-ring (bicyclic) bond motifs is 1. The average Bonchev–Trinajstić information content (AvgIpc) is 3.44. The number of nitrogens with one attached hydrogen (secondary N) is 1. The van der Waals surface area contributed by atoms with Crippen molar-refractivity contribution in [1.29, 1.82) is 0 Å². The number of rotatable bonds is 5. The van der Waals surface area contributed by atoms with Gasteiger partial charge in [-0.05, 0) is 74.2 Å². The summed E-state index contributed by atoms with van der Waals surface area (Å²) in [4.78, 5) is 18.7. The zero-order valence-corrected chi connectivity index (χ0v) is 21.3. The third-order valence-corrected chi connectivity index (χ3v) is 9.02. The lowest BCUT2D eigenvalue weighted by Gasteiger charge is -2.19. The van der Waals surface area contributed by atoms with E-state index < -0.39 is 15.9 Å². The molecular formula is C27H25N3O3S2. The SMILES string of the molecule is Cc1ccc(-c2nc(NC(=O)c3cccc(S(=O)(=O)N4CCc5ccccc54)c3)sc2C)cc1C. The van der Waals surface area contributed by atoms with E-state index in [0.29, 0.717) is 23.8 Å². The van der Waals surface area contributed by atoms with Gasteiger partial charge in [-0.3, -0.25) is 14.4 Å². The predicted molar refractivity (Wildman–Crippen MR) is 141 cm³/mol. The third kappa shape index (κ3) is 4.35. The Labute approximate surface area is 209 Å². The van der Waals surface area contributed by atoms with Gasteiger partial charge < -0.3 is 0 Å². The first-order chi connectivity index (χ1) is 16.7. The maximum Gasteiger partial charge on any atom is 0.264 e. The molecule has 35 heavy (non-hydrogen) atoms. The van der Waals surface area contributed by atoms with E-state index in [-0.39, 0.29) is 10.5 Å². The molecule has 1 N–H and O–H groups in total. The smallest absolute Gasteiger partial charge is 0.264 e. The fourth-order valence-electron chi connectivity index (χ4n) is 4.26. The molecule has 178 valence electrons. The number of para-hydroxylation sites is 1. The molecule has 1 aliphatic rings. The summed E-state index contributed by atoms with van der Waals surface area (Å²) in [5.41, 5.74) is 6.18. The van der Waals surface area contributed by atoms with E-state index in [1.54, 1.807) is 12.1 Å². The summed E-state index contributed by atoms with van der Waals surface area (Å²) in [7, 11) is -3.79. The highest BCUT2D eigenvalue weighted by Crippen LogP contribution is 2.34.